The molecule has 0 saturated heterocycles. The molecule has 0 aliphatic rings. The number of benzene rings is 2. The molecule has 0 unspecified atom stereocenters. The number of ether oxygens (including phenoxy) is 2. The summed E-state index contributed by atoms with van der Waals surface area (Å²) >= 11 is 2.95. The maximum atomic E-state index is 12.4. The first-order chi connectivity index (χ1) is 13.6. The van der Waals surface area contributed by atoms with Gasteiger partial charge in [0.2, 0.25) is 5.78 Å². The van der Waals surface area contributed by atoms with Gasteiger partial charge in [0.05, 0.1) is 21.7 Å². The molecule has 142 valence electrons. The topological polar surface area (TPSA) is 65.5 Å². The fraction of sp³-hybridized carbons (Fsp3) is 0.190. The smallest absolute Gasteiger partial charge is 0.332 e. The minimum Gasteiger partial charge on any atom is -0.456 e. The lowest BCUT2D eigenvalue weighted by Crippen LogP contribution is -2.18. The van der Waals surface area contributed by atoms with Crippen LogP contribution in [0.15, 0.2) is 48.5 Å². The average molecular weight is 412 g/mol. The van der Waals surface area contributed by atoms with Crippen LogP contribution in [0.4, 0.5) is 0 Å². The van der Waals surface area contributed by atoms with Crippen LogP contribution < -0.4 is 0 Å². The second-order valence-corrected chi connectivity index (χ2v) is 8.37. The van der Waals surface area contributed by atoms with Gasteiger partial charge in [-0.05, 0) is 36.1 Å². The van der Waals surface area contributed by atoms with Gasteiger partial charge in [-0.3, -0.25) is 4.79 Å². The lowest BCUT2D eigenvalue weighted by atomic mass is 10.1. The molecule has 0 atom stereocenters. The maximum Gasteiger partial charge on any atom is 0.332 e. The molecule has 0 saturated carbocycles. The van der Waals surface area contributed by atoms with Gasteiger partial charge in [-0.1, -0.05) is 30.3 Å². The second kappa shape index (κ2) is 8.18. The van der Waals surface area contributed by atoms with E-state index >= 15 is 0 Å². The van der Waals surface area contributed by atoms with E-state index in [-0.39, 0.29) is 25.6 Å². The molecular formula is C21H17NO4S2. The third-order valence-electron chi connectivity index (χ3n) is 4.24. The molecular weight excluding hydrogens is 394 g/mol. The summed E-state index contributed by atoms with van der Waals surface area (Å²) in [5.41, 5.74) is 1.84. The molecule has 2 heterocycles. The van der Waals surface area contributed by atoms with Crippen LogP contribution in [0, 0.1) is 6.92 Å². The van der Waals surface area contributed by atoms with Gasteiger partial charge in [-0.15, -0.1) is 22.7 Å². The van der Waals surface area contributed by atoms with Crippen LogP contribution in [-0.2, 0) is 20.9 Å². The summed E-state index contributed by atoms with van der Waals surface area (Å²) in [5.74, 6) is -0.758. The Morgan fingerprint density at radius 1 is 0.964 bits per heavy atom. The number of rotatable bonds is 7. The van der Waals surface area contributed by atoms with Gasteiger partial charge in [0.1, 0.15) is 11.6 Å². The molecule has 0 fully saturated rings. The number of para-hydroxylation sites is 1. The largest absolute Gasteiger partial charge is 0.456 e. The summed E-state index contributed by atoms with van der Waals surface area (Å²) in [6, 6.07) is 15.7. The number of esters is 1. The Morgan fingerprint density at radius 2 is 1.71 bits per heavy atom. The van der Waals surface area contributed by atoms with Crippen LogP contribution in [0.3, 0.4) is 0 Å². The second-order valence-electron chi connectivity index (χ2n) is 6.20. The Bertz CT molecular complexity index is 1130. The molecule has 0 aliphatic heterocycles. The van der Waals surface area contributed by atoms with E-state index in [4.69, 9.17) is 9.47 Å². The van der Waals surface area contributed by atoms with Gasteiger partial charge < -0.3 is 9.47 Å². The van der Waals surface area contributed by atoms with E-state index in [2.05, 4.69) is 4.98 Å². The van der Waals surface area contributed by atoms with E-state index in [1.165, 1.54) is 22.7 Å². The zero-order chi connectivity index (χ0) is 19.5. The highest BCUT2D eigenvalue weighted by atomic mass is 32.1. The zero-order valence-electron chi connectivity index (χ0n) is 15.1. The standard InChI is InChI=1S/C21H17NO4S2/c1-13-14-6-2-4-8-17(14)28-21(13)16(23)10-26-20(24)12-25-11-19-22-15-7-3-5-9-18(15)27-19/h2-9H,10-12H2,1H3. The third-order valence-corrected chi connectivity index (χ3v) is 6.57. The van der Waals surface area contributed by atoms with E-state index in [0.717, 1.165) is 30.9 Å². The molecule has 4 rings (SSSR count). The fourth-order valence-corrected chi connectivity index (χ4v) is 4.94. The molecule has 0 radical (unpaired) electrons. The van der Waals surface area contributed by atoms with Gasteiger partial charge >= 0.3 is 5.97 Å². The fourth-order valence-electron chi connectivity index (χ4n) is 2.90. The zero-order valence-corrected chi connectivity index (χ0v) is 16.8. The highest BCUT2D eigenvalue weighted by Gasteiger charge is 2.17. The molecule has 2 aromatic carbocycles. The quantitative estimate of drug-likeness (QED) is 0.324. The average Bonchev–Trinajstić information content (AvgIpc) is 3.27. The van der Waals surface area contributed by atoms with E-state index < -0.39 is 5.97 Å². The number of ketones is 1. The van der Waals surface area contributed by atoms with Crippen molar-refractivity contribution in [1.29, 1.82) is 0 Å². The molecule has 4 aromatic rings. The number of hydrogen-bond donors (Lipinski definition) is 0. The number of thiazole rings is 1. The molecule has 0 aliphatic carbocycles. The Hall–Kier alpha value is -2.61. The van der Waals surface area contributed by atoms with Gasteiger partial charge in [0.25, 0.3) is 0 Å². The number of hydrogen-bond acceptors (Lipinski definition) is 7. The van der Waals surface area contributed by atoms with E-state index in [1.54, 1.807) is 0 Å². The van der Waals surface area contributed by atoms with Crippen molar-refractivity contribution in [2.45, 2.75) is 13.5 Å². The highest BCUT2D eigenvalue weighted by molar-refractivity contribution is 7.21. The van der Waals surface area contributed by atoms with Crippen molar-refractivity contribution < 1.29 is 19.1 Å². The molecule has 2 aromatic heterocycles. The van der Waals surface area contributed by atoms with Crippen LogP contribution in [0.2, 0.25) is 0 Å². The van der Waals surface area contributed by atoms with Crippen molar-refractivity contribution in [3.8, 4) is 0 Å². The lowest BCUT2D eigenvalue weighted by molar-refractivity contribution is -0.148. The Labute approximate surface area is 169 Å². The molecule has 28 heavy (non-hydrogen) atoms. The first kappa shape index (κ1) is 18.7. The number of nitrogens with zero attached hydrogens (tertiary/aromatic N) is 1. The molecule has 0 spiro atoms. The normalized spacial score (nSPS) is 11.2. The van der Waals surface area contributed by atoms with Crippen molar-refractivity contribution in [2.24, 2.45) is 0 Å². The lowest BCUT2D eigenvalue weighted by Gasteiger charge is -2.04. The number of carbonyl (C=O) groups is 2. The summed E-state index contributed by atoms with van der Waals surface area (Å²) in [5, 5.41) is 1.85. The number of aromatic nitrogens is 1. The van der Waals surface area contributed by atoms with Crippen molar-refractivity contribution >= 4 is 54.7 Å². The van der Waals surface area contributed by atoms with Crippen molar-refractivity contribution in [3.63, 3.8) is 0 Å². The number of fused-ring (bicyclic) bond motifs is 2. The summed E-state index contributed by atoms with van der Waals surface area (Å²) < 4.78 is 12.6. The van der Waals surface area contributed by atoms with Crippen LogP contribution >= 0.6 is 22.7 Å². The number of thiophene rings is 1. The third kappa shape index (κ3) is 3.96. The van der Waals surface area contributed by atoms with Gasteiger partial charge in [0, 0.05) is 4.70 Å². The first-order valence-electron chi connectivity index (χ1n) is 8.71. The van der Waals surface area contributed by atoms with Crippen molar-refractivity contribution in [2.75, 3.05) is 13.2 Å². The monoisotopic (exact) mass is 411 g/mol. The minimum absolute atomic E-state index is 0.196. The molecule has 0 amide bonds. The summed E-state index contributed by atoms with van der Waals surface area (Å²) in [6.07, 6.45) is 0. The Kier molecular flexibility index (Phi) is 5.47. The number of aryl methyl sites for hydroxylation is 1. The summed E-state index contributed by atoms with van der Waals surface area (Å²) in [4.78, 5) is 29.4. The molecule has 0 bridgehead atoms. The van der Waals surface area contributed by atoms with Crippen LogP contribution in [0.5, 0.6) is 0 Å². The Balaban J connectivity index is 1.27. The summed E-state index contributed by atoms with van der Waals surface area (Å²) in [7, 11) is 0. The minimum atomic E-state index is -0.562. The van der Waals surface area contributed by atoms with Crippen LogP contribution in [-0.4, -0.2) is 30.0 Å². The van der Waals surface area contributed by atoms with Crippen LogP contribution in [0.1, 0.15) is 20.2 Å². The highest BCUT2D eigenvalue weighted by Crippen LogP contribution is 2.30. The summed E-state index contributed by atoms with van der Waals surface area (Å²) in [6.45, 7) is 1.65. The number of carbonyl (C=O) groups excluding carboxylic acids is 2. The molecule has 0 N–H and O–H groups in total. The van der Waals surface area contributed by atoms with Gasteiger partial charge in [0.15, 0.2) is 6.61 Å². The van der Waals surface area contributed by atoms with Gasteiger partial charge in [-0.25, -0.2) is 9.78 Å². The van der Waals surface area contributed by atoms with Crippen molar-refractivity contribution in [1.82, 2.24) is 4.98 Å². The Morgan fingerprint density at radius 3 is 2.50 bits per heavy atom. The van der Waals surface area contributed by atoms with Gasteiger partial charge in [-0.2, -0.15) is 0 Å². The predicted octanol–water partition coefficient (Wildman–Crippen LogP) is 4.76. The number of Topliss-reactive ketones (excluding diaryl/α,β-unsaturated/α-hetero) is 1. The first-order valence-corrected chi connectivity index (χ1v) is 10.3. The van der Waals surface area contributed by atoms with Crippen molar-refractivity contribution in [3.05, 3.63) is 64.0 Å². The van der Waals surface area contributed by atoms with E-state index in [1.807, 2.05) is 55.5 Å². The molecule has 7 heteroatoms. The predicted molar refractivity (Wildman–Crippen MR) is 111 cm³/mol. The maximum absolute atomic E-state index is 12.4. The molecule has 5 nitrogen and oxygen atoms in total. The van der Waals surface area contributed by atoms with Crippen LogP contribution in [0.25, 0.3) is 20.3 Å². The van der Waals surface area contributed by atoms with E-state index in [0.29, 0.717) is 4.88 Å². The van der Waals surface area contributed by atoms with E-state index in [9.17, 15) is 9.59 Å². The SMILES string of the molecule is Cc1c(C(=O)COC(=O)COCc2nc3ccccc3s2)sc2ccccc12.